The highest BCUT2D eigenvalue weighted by atomic mass is 32.1. The molecule has 0 saturated carbocycles. The van der Waals surface area contributed by atoms with E-state index >= 15 is 0 Å². The molecule has 0 heterocycles. The van der Waals surface area contributed by atoms with Crippen LogP contribution in [0.15, 0.2) is 24.3 Å². The number of nitrogens with one attached hydrogen (secondary N) is 3. The van der Waals surface area contributed by atoms with Gasteiger partial charge in [0.25, 0.3) is 0 Å². The van der Waals surface area contributed by atoms with Crippen LogP contribution in [0.3, 0.4) is 0 Å². The lowest BCUT2D eigenvalue weighted by atomic mass is 10.2. The van der Waals surface area contributed by atoms with Crippen LogP contribution in [0.5, 0.6) is 0 Å². The van der Waals surface area contributed by atoms with E-state index in [9.17, 15) is 0 Å². The fraction of sp³-hybridized carbons (Fsp3) is 0.111. The van der Waals surface area contributed by atoms with Gasteiger partial charge < -0.3 is 21.1 Å². The first-order valence-electron chi connectivity index (χ1n) is 4.70. The summed E-state index contributed by atoms with van der Waals surface area (Å²) in [7, 11) is 1.82. The molecular weight excluding hydrogens is 256 g/mol. The van der Waals surface area contributed by atoms with E-state index in [1.807, 2.05) is 31.3 Å². The van der Waals surface area contributed by atoms with Crippen LogP contribution in [-0.4, -0.2) is 17.3 Å². The number of hydrazine groups is 2. The number of anilines is 2. The molecule has 0 atom stereocenters. The fourth-order valence-electron chi connectivity index (χ4n) is 1.15. The molecule has 0 aliphatic carbocycles. The average molecular weight is 270 g/mol. The monoisotopic (exact) mass is 270 g/mol. The van der Waals surface area contributed by atoms with Crippen LogP contribution in [0.25, 0.3) is 0 Å². The van der Waals surface area contributed by atoms with E-state index in [1.165, 1.54) is 0 Å². The highest BCUT2D eigenvalue weighted by Gasteiger charge is 2.05. The summed E-state index contributed by atoms with van der Waals surface area (Å²) in [6.07, 6.45) is 0. The van der Waals surface area contributed by atoms with E-state index in [1.54, 1.807) is 4.90 Å². The van der Waals surface area contributed by atoms with Crippen LogP contribution in [0.4, 0.5) is 11.4 Å². The molecule has 1 aromatic carbocycles. The minimum absolute atomic E-state index is 0.352. The number of nitrogens with zero attached hydrogens (tertiary/aromatic N) is 1. The number of nitrogens with two attached hydrogens (primary N) is 2. The van der Waals surface area contributed by atoms with Gasteiger partial charge in [0.05, 0.1) is 0 Å². The zero-order valence-electron chi connectivity index (χ0n) is 9.23. The summed E-state index contributed by atoms with van der Waals surface area (Å²) < 4.78 is 0. The molecule has 1 rings (SSSR count). The normalized spacial score (nSPS) is 9.35. The quantitative estimate of drug-likeness (QED) is 0.292. The van der Waals surface area contributed by atoms with Crippen molar-refractivity contribution in [2.45, 2.75) is 0 Å². The van der Waals surface area contributed by atoms with Crippen LogP contribution in [-0.2, 0) is 0 Å². The summed E-state index contributed by atoms with van der Waals surface area (Å²) in [6, 6.07) is 7.47. The fourth-order valence-corrected chi connectivity index (χ4v) is 1.37. The summed E-state index contributed by atoms with van der Waals surface area (Å²) in [5, 5.41) is 3.69. The summed E-state index contributed by atoms with van der Waals surface area (Å²) in [5.41, 5.74) is 6.49. The van der Waals surface area contributed by atoms with Gasteiger partial charge in [0.2, 0.25) is 0 Å². The lowest BCUT2D eigenvalue weighted by Crippen LogP contribution is -2.41. The number of hydrogen-bond donors (Lipinski definition) is 5. The summed E-state index contributed by atoms with van der Waals surface area (Å²) in [5.74, 6) is 10.4. The standard InChI is InChI=1S/C9H14N6S2/c1-15(9(17)14-11)7-4-2-6(3-5-7)12-8(16)13-10/h2-5H,10-11H2,1H3,(H,14,17)(H2,12,13,16). The van der Waals surface area contributed by atoms with Gasteiger partial charge in [0, 0.05) is 18.4 Å². The third kappa shape index (κ3) is 3.79. The molecule has 0 bridgehead atoms. The molecule has 0 aliphatic heterocycles. The van der Waals surface area contributed by atoms with E-state index in [2.05, 4.69) is 16.2 Å². The van der Waals surface area contributed by atoms with E-state index in [0.717, 1.165) is 11.4 Å². The molecule has 0 unspecified atom stereocenters. The number of rotatable bonds is 2. The molecule has 0 aliphatic rings. The molecule has 8 heteroatoms. The van der Waals surface area contributed by atoms with Gasteiger partial charge in [0.1, 0.15) is 0 Å². The first kappa shape index (κ1) is 13.6. The van der Waals surface area contributed by atoms with Crippen LogP contribution >= 0.6 is 24.4 Å². The lowest BCUT2D eigenvalue weighted by Gasteiger charge is -2.19. The average Bonchev–Trinajstić information content (AvgIpc) is 2.37. The van der Waals surface area contributed by atoms with E-state index in [-0.39, 0.29) is 0 Å². The molecule has 0 spiro atoms. The number of thiocarbonyl (C=S) groups is 2. The van der Waals surface area contributed by atoms with Crippen LogP contribution in [0.2, 0.25) is 0 Å². The molecule has 17 heavy (non-hydrogen) atoms. The van der Waals surface area contributed by atoms with E-state index < -0.39 is 0 Å². The van der Waals surface area contributed by atoms with E-state index in [0.29, 0.717) is 10.2 Å². The Kier molecular flexibility index (Phi) is 5.04. The number of hydrogen-bond acceptors (Lipinski definition) is 4. The Morgan fingerprint density at radius 3 is 2.18 bits per heavy atom. The molecule has 0 amide bonds. The van der Waals surface area contributed by atoms with Gasteiger partial charge >= 0.3 is 0 Å². The minimum atomic E-state index is 0.352. The Balaban J connectivity index is 2.74. The zero-order chi connectivity index (χ0) is 12.8. The third-order valence-electron chi connectivity index (χ3n) is 2.07. The molecule has 0 radical (unpaired) electrons. The lowest BCUT2D eigenvalue weighted by molar-refractivity contribution is 1.01. The SMILES string of the molecule is CN(C(=S)NN)c1ccc(NC(=S)NN)cc1. The van der Waals surface area contributed by atoms with Gasteiger partial charge in [-0.3, -0.25) is 0 Å². The zero-order valence-corrected chi connectivity index (χ0v) is 10.9. The molecule has 7 N–H and O–H groups in total. The van der Waals surface area contributed by atoms with Crippen molar-refractivity contribution < 1.29 is 0 Å². The Bertz CT molecular complexity index is 404. The maximum atomic E-state index is 5.24. The predicted octanol–water partition coefficient (Wildman–Crippen LogP) is 0.0311. The maximum Gasteiger partial charge on any atom is 0.187 e. The Hall–Kier alpha value is -1.48. The Labute approximate surface area is 110 Å². The molecule has 92 valence electrons. The first-order valence-corrected chi connectivity index (χ1v) is 5.52. The number of benzene rings is 1. The van der Waals surface area contributed by atoms with Crippen LogP contribution in [0.1, 0.15) is 0 Å². The van der Waals surface area contributed by atoms with Crippen molar-refractivity contribution in [1.82, 2.24) is 10.9 Å². The van der Waals surface area contributed by atoms with Crippen molar-refractivity contribution >= 4 is 46.0 Å². The van der Waals surface area contributed by atoms with Gasteiger partial charge in [-0.25, -0.2) is 11.7 Å². The van der Waals surface area contributed by atoms with Crippen molar-refractivity contribution in [3.63, 3.8) is 0 Å². The molecule has 6 nitrogen and oxygen atoms in total. The van der Waals surface area contributed by atoms with Gasteiger partial charge in [-0.15, -0.1) is 0 Å². The molecule has 0 fully saturated rings. The second kappa shape index (κ2) is 6.30. The smallest absolute Gasteiger partial charge is 0.187 e. The van der Waals surface area contributed by atoms with Crippen LogP contribution < -0.4 is 32.8 Å². The Morgan fingerprint density at radius 2 is 1.71 bits per heavy atom. The summed E-state index contributed by atoms with van der Waals surface area (Å²) >= 11 is 9.89. The molecule has 0 saturated heterocycles. The maximum absolute atomic E-state index is 5.24. The predicted molar refractivity (Wildman–Crippen MR) is 78.3 cm³/mol. The van der Waals surface area contributed by atoms with Gasteiger partial charge in [-0.05, 0) is 48.7 Å². The highest BCUT2D eigenvalue weighted by Crippen LogP contribution is 2.16. The Morgan fingerprint density at radius 1 is 1.12 bits per heavy atom. The molecular formula is C9H14N6S2. The summed E-state index contributed by atoms with van der Waals surface area (Å²) in [4.78, 5) is 1.75. The summed E-state index contributed by atoms with van der Waals surface area (Å²) in [6.45, 7) is 0. The molecule has 0 aromatic heterocycles. The van der Waals surface area contributed by atoms with Gasteiger partial charge in [0.15, 0.2) is 10.2 Å². The van der Waals surface area contributed by atoms with Crippen molar-refractivity contribution in [2.24, 2.45) is 11.7 Å². The topological polar surface area (TPSA) is 91.4 Å². The van der Waals surface area contributed by atoms with Crippen molar-refractivity contribution in [1.29, 1.82) is 0 Å². The van der Waals surface area contributed by atoms with E-state index in [4.69, 9.17) is 36.1 Å². The third-order valence-corrected chi connectivity index (χ3v) is 2.68. The van der Waals surface area contributed by atoms with Crippen molar-refractivity contribution in [3.8, 4) is 0 Å². The second-order valence-electron chi connectivity index (χ2n) is 3.15. The van der Waals surface area contributed by atoms with Crippen molar-refractivity contribution in [2.75, 3.05) is 17.3 Å². The minimum Gasteiger partial charge on any atom is -0.332 e. The largest absolute Gasteiger partial charge is 0.332 e. The first-order chi connectivity index (χ1) is 8.08. The van der Waals surface area contributed by atoms with Gasteiger partial charge in [-0.1, -0.05) is 0 Å². The van der Waals surface area contributed by atoms with Crippen molar-refractivity contribution in [3.05, 3.63) is 24.3 Å². The second-order valence-corrected chi connectivity index (χ2v) is 3.95. The van der Waals surface area contributed by atoms with Crippen LogP contribution in [0, 0.1) is 0 Å². The molecule has 1 aromatic rings. The highest BCUT2D eigenvalue weighted by molar-refractivity contribution is 7.80. The van der Waals surface area contributed by atoms with Gasteiger partial charge in [-0.2, -0.15) is 0 Å².